The largest absolute Gasteiger partial charge is 0.457 e. The summed E-state index contributed by atoms with van der Waals surface area (Å²) in [5.74, 6) is 1.07. The number of carbonyl (C=O) groups is 2. The maximum Gasteiger partial charge on any atom is 0.291 e. The summed E-state index contributed by atoms with van der Waals surface area (Å²) in [4.78, 5) is 34.7. The third-order valence-corrected chi connectivity index (χ3v) is 5.73. The van der Waals surface area contributed by atoms with Gasteiger partial charge in [-0.05, 0) is 47.7 Å². The smallest absolute Gasteiger partial charge is 0.291 e. The molecular formula is C25H26N4O3. The van der Waals surface area contributed by atoms with Gasteiger partial charge in [-0.2, -0.15) is 0 Å². The summed E-state index contributed by atoms with van der Waals surface area (Å²) < 4.78 is 6.11. The van der Waals surface area contributed by atoms with Crippen LogP contribution in [0.4, 0.5) is 0 Å². The quantitative estimate of drug-likeness (QED) is 0.634. The van der Waals surface area contributed by atoms with Crippen molar-refractivity contribution >= 4 is 11.8 Å². The zero-order valence-electron chi connectivity index (χ0n) is 18.2. The number of rotatable bonds is 6. The molecule has 0 spiro atoms. The van der Waals surface area contributed by atoms with Crippen molar-refractivity contribution in [2.45, 2.75) is 32.1 Å². The van der Waals surface area contributed by atoms with E-state index in [0.29, 0.717) is 30.3 Å². The maximum absolute atomic E-state index is 12.7. The van der Waals surface area contributed by atoms with Crippen LogP contribution >= 0.6 is 0 Å². The molecule has 7 nitrogen and oxygen atoms in total. The highest BCUT2D eigenvalue weighted by Crippen LogP contribution is 2.35. The van der Waals surface area contributed by atoms with Crippen molar-refractivity contribution in [2.75, 3.05) is 13.1 Å². The number of benzene rings is 2. The molecule has 164 valence electrons. The van der Waals surface area contributed by atoms with E-state index in [1.807, 2.05) is 36.4 Å². The van der Waals surface area contributed by atoms with Crippen LogP contribution in [0, 0.1) is 0 Å². The molecule has 1 aromatic heterocycles. The molecule has 0 bridgehead atoms. The standard InChI is InChI=1S/C25H26N4O3/c1-16(2)19-6-3-4-7-22(19)32-18-8-9-20(21(14-18)23(26)30)17-10-13-29(15-17)25(31)24-27-11-5-12-28-24/h3-9,11-12,14,16-17H,10,13,15H2,1-2H3,(H2,26,30). The molecular weight excluding hydrogens is 404 g/mol. The summed E-state index contributed by atoms with van der Waals surface area (Å²) in [6.07, 6.45) is 3.83. The minimum atomic E-state index is -0.515. The Morgan fingerprint density at radius 2 is 1.84 bits per heavy atom. The molecule has 1 aliphatic heterocycles. The highest BCUT2D eigenvalue weighted by Gasteiger charge is 2.31. The highest BCUT2D eigenvalue weighted by atomic mass is 16.5. The zero-order chi connectivity index (χ0) is 22.7. The van der Waals surface area contributed by atoms with Gasteiger partial charge in [-0.25, -0.2) is 9.97 Å². The number of likely N-dealkylation sites (tertiary alicyclic amines) is 1. The lowest BCUT2D eigenvalue weighted by Gasteiger charge is -2.18. The lowest BCUT2D eigenvalue weighted by Crippen LogP contribution is -2.30. The van der Waals surface area contributed by atoms with E-state index in [9.17, 15) is 9.59 Å². The summed E-state index contributed by atoms with van der Waals surface area (Å²) in [7, 11) is 0. The van der Waals surface area contributed by atoms with Gasteiger partial charge in [0.1, 0.15) is 11.5 Å². The fourth-order valence-corrected chi connectivity index (χ4v) is 4.10. The molecule has 32 heavy (non-hydrogen) atoms. The van der Waals surface area contributed by atoms with E-state index in [4.69, 9.17) is 10.5 Å². The second-order valence-corrected chi connectivity index (χ2v) is 8.22. The van der Waals surface area contributed by atoms with Gasteiger partial charge in [-0.15, -0.1) is 0 Å². The molecule has 4 rings (SSSR count). The van der Waals surface area contributed by atoms with Crippen molar-refractivity contribution in [3.05, 3.63) is 83.4 Å². The molecule has 2 heterocycles. The van der Waals surface area contributed by atoms with Gasteiger partial charge < -0.3 is 15.4 Å². The van der Waals surface area contributed by atoms with E-state index in [0.717, 1.165) is 23.3 Å². The molecule has 1 saturated heterocycles. The van der Waals surface area contributed by atoms with Crippen molar-refractivity contribution < 1.29 is 14.3 Å². The van der Waals surface area contributed by atoms with E-state index < -0.39 is 5.91 Å². The number of nitrogens with zero attached hydrogens (tertiary/aromatic N) is 3. The molecule has 1 aliphatic rings. The average Bonchev–Trinajstić information content (AvgIpc) is 3.29. The first-order valence-electron chi connectivity index (χ1n) is 10.7. The van der Waals surface area contributed by atoms with Crippen LogP contribution in [0.5, 0.6) is 11.5 Å². The van der Waals surface area contributed by atoms with Gasteiger partial charge >= 0.3 is 0 Å². The van der Waals surface area contributed by atoms with Crippen molar-refractivity contribution in [1.82, 2.24) is 14.9 Å². The predicted octanol–water partition coefficient (Wildman–Crippen LogP) is 4.12. The number of hydrogen-bond acceptors (Lipinski definition) is 5. The molecule has 1 atom stereocenters. The Morgan fingerprint density at radius 3 is 2.56 bits per heavy atom. The van der Waals surface area contributed by atoms with Crippen LogP contribution in [-0.2, 0) is 0 Å². The second-order valence-electron chi connectivity index (χ2n) is 8.22. The van der Waals surface area contributed by atoms with Crippen molar-refractivity contribution in [3.8, 4) is 11.5 Å². The third-order valence-electron chi connectivity index (χ3n) is 5.73. The van der Waals surface area contributed by atoms with Crippen molar-refractivity contribution in [1.29, 1.82) is 0 Å². The summed E-state index contributed by atoms with van der Waals surface area (Å²) in [6.45, 7) is 5.26. The topological polar surface area (TPSA) is 98.4 Å². The molecule has 1 unspecified atom stereocenters. The number of aromatic nitrogens is 2. The number of carbonyl (C=O) groups excluding carboxylic acids is 2. The average molecular weight is 431 g/mol. The van der Waals surface area contributed by atoms with Gasteiger partial charge in [-0.3, -0.25) is 9.59 Å². The fraction of sp³-hybridized carbons (Fsp3) is 0.280. The van der Waals surface area contributed by atoms with Crippen LogP contribution in [0.25, 0.3) is 0 Å². The van der Waals surface area contributed by atoms with Gasteiger partial charge in [0.25, 0.3) is 5.91 Å². The van der Waals surface area contributed by atoms with E-state index >= 15 is 0 Å². The van der Waals surface area contributed by atoms with Crippen LogP contribution in [0.2, 0.25) is 0 Å². The Morgan fingerprint density at radius 1 is 1.09 bits per heavy atom. The van der Waals surface area contributed by atoms with Crippen LogP contribution in [0.1, 0.15) is 64.2 Å². The van der Waals surface area contributed by atoms with Crippen molar-refractivity contribution in [3.63, 3.8) is 0 Å². The Hall–Kier alpha value is -3.74. The number of para-hydroxylation sites is 1. The Labute approximate surface area is 187 Å². The summed E-state index contributed by atoms with van der Waals surface area (Å²) >= 11 is 0. The number of primary amides is 1. The minimum absolute atomic E-state index is 0.00200. The second kappa shape index (κ2) is 9.18. The number of nitrogens with two attached hydrogens (primary N) is 1. The van der Waals surface area contributed by atoms with Crippen LogP contribution in [0.15, 0.2) is 60.9 Å². The first-order valence-corrected chi connectivity index (χ1v) is 10.7. The molecule has 7 heteroatoms. The molecule has 3 aromatic rings. The van der Waals surface area contributed by atoms with Gasteiger partial charge in [0, 0.05) is 37.0 Å². The van der Waals surface area contributed by atoms with Crippen LogP contribution in [0.3, 0.4) is 0 Å². The summed E-state index contributed by atoms with van der Waals surface area (Å²) in [6, 6.07) is 14.9. The van der Waals surface area contributed by atoms with Crippen LogP contribution < -0.4 is 10.5 Å². The number of hydrogen-bond donors (Lipinski definition) is 1. The maximum atomic E-state index is 12.7. The summed E-state index contributed by atoms with van der Waals surface area (Å²) in [5.41, 5.74) is 8.04. The Bertz CT molecular complexity index is 1130. The highest BCUT2D eigenvalue weighted by molar-refractivity contribution is 5.95. The molecule has 0 radical (unpaired) electrons. The lowest BCUT2D eigenvalue weighted by atomic mass is 9.93. The monoisotopic (exact) mass is 430 g/mol. The minimum Gasteiger partial charge on any atom is -0.457 e. The van der Waals surface area contributed by atoms with E-state index in [1.165, 1.54) is 0 Å². The molecule has 2 aromatic carbocycles. The number of ether oxygens (including phenoxy) is 1. The first kappa shape index (κ1) is 21.5. The SMILES string of the molecule is CC(C)c1ccccc1Oc1ccc(C2CCN(C(=O)c3ncccn3)C2)c(C(N)=O)c1. The molecule has 2 amide bonds. The Kier molecular flexibility index (Phi) is 6.16. The van der Waals surface area contributed by atoms with E-state index in [2.05, 4.69) is 23.8 Å². The third kappa shape index (κ3) is 4.46. The van der Waals surface area contributed by atoms with Gasteiger partial charge in [0.05, 0.1) is 0 Å². The molecule has 1 fully saturated rings. The first-order chi connectivity index (χ1) is 15.4. The van der Waals surface area contributed by atoms with Gasteiger partial charge in [0.15, 0.2) is 0 Å². The number of amides is 2. The normalized spacial score (nSPS) is 15.7. The fourth-order valence-electron chi connectivity index (χ4n) is 4.10. The van der Waals surface area contributed by atoms with E-state index in [-0.39, 0.29) is 17.6 Å². The van der Waals surface area contributed by atoms with Gasteiger partial charge in [-0.1, -0.05) is 38.1 Å². The lowest BCUT2D eigenvalue weighted by molar-refractivity contribution is 0.0778. The molecule has 0 saturated carbocycles. The van der Waals surface area contributed by atoms with Gasteiger partial charge in [0.2, 0.25) is 11.7 Å². The van der Waals surface area contributed by atoms with E-state index in [1.54, 1.807) is 29.4 Å². The van der Waals surface area contributed by atoms with Crippen LogP contribution in [-0.4, -0.2) is 39.8 Å². The Balaban J connectivity index is 1.56. The summed E-state index contributed by atoms with van der Waals surface area (Å²) in [5, 5.41) is 0. The zero-order valence-corrected chi connectivity index (χ0v) is 18.2. The predicted molar refractivity (Wildman–Crippen MR) is 121 cm³/mol. The van der Waals surface area contributed by atoms with Crippen molar-refractivity contribution in [2.24, 2.45) is 5.73 Å². The molecule has 2 N–H and O–H groups in total. The molecule has 0 aliphatic carbocycles.